The molecule has 0 bridgehead atoms. The molecule has 39 heavy (non-hydrogen) atoms. The summed E-state index contributed by atoms with van der Waals surface area (Å²) >= 11 is 13.5. The molecule has 0 spiro atoms. The molecule has 0 radical (unpaired) electrons. The highest BCUT2D eigenvalue weighted by molar-refractivity contribution is 7.17. The number of hydrogen-bond donors (Lipinski definition) is 2. The van der Waals surface area contributed by atoms with Crippen LogP contribution in [0.1, 0.15) is 39.2 Å². The summed E-state index contributed by atoms with van der Waals surface area (Å²) < 4.78 is 21.5. The van der Waals surface area contributed by atoms with E-state index in [4.69, 9.17) is 47.1 Å². The minimum atomic E-state index is -0.538. The van der Waals surface area contributed by atoms with Crippen LogP contribution in [0.25, 0.3) is 11.5 Å². The third-order valence-corrected chi connectivity index (χ3v) is 8.16. The Hall–Kier alpha value is -3.13. The van der Waals surface area contributed by atoms with Gasteiger partial charge >= 0.3 is 5.97 Å². The van der Waals surface area contributed by atoms with Gasteiger partial charge in [-0.3, -0.25) is 4.79 Å². The first-order valence-electron chi connectivity index (χ1n) is 12.0. The van der Waals surface area contributed by atoms with E-state index in [9.17, 15) is 9.59 Å². The Morgan fingerprint density at radius 2 is 1.85 bits per heavy atom. The van der Waals surface area contributed by atoms with Crippen LogP contribution in [-0.2, 0) is 9.47 Å². The average Bonchev–Trinajstić information content (AvgIpc) is 3.50. The molecule has 3 aromatic rings. The van der Waals surface area contributed by atoms with E-state index >= 15 is 0 Å². The monoisotopic (exact) mass is 598 g/mol. The fourth-order valence-corrected chi connectivity index (χ4v) is 5.52. The number of ether oxygens (including phenoxy) is 4. The quantitative estimate of drug-likeness (QED) is 0.350. The molecular formula is C24H28Cl2N6O6S. The van der Waals surface area contributed by atoms with Crippen LogP contribution in [-0.4, -0.2) is 85.0 Å². The average molecular weight is 599 g/mol. The number of nitrogens with one attached hydrogen (secondary N) is 2. The molecule has 0 aliphatic carbocycles. The first-order valence-corrected chi connectivity index (χ1v) is 13.5. The van der Waals surface area contributed by atoms with Crippen LogP contribution in [0, 0.1) is 6.92 Å². The largest absolute Gasteiger partial charge is 0.481 e. The Morgan fingerprint density at radius 1 is 1.15 bits per heavy atom. The van der Waals surface area contributed by atoms with E-state index in [1.54, 1.807) is 21.0 Å². The number of methoxy groups -OCH3 is 3. The van der Waals surface area contributed by atoms with Crippen LogP contribution < -0.4 is 19.7 Å². The van der Waals surface area contributed by atoms with Gasteiger partial charge in [0, 0.05) is 25.9 Å². The summed E-state index contributed by atoms with van der Waals surface area (Å²) in [5, 5.41) is 4.04. The van der Waals surface area contributed by atoms with Gasteiger partial charge in [0.25, 0.3) is 5.91 Å². The van der Waals surface area contributed by atoms with Crippen molar-refractivity contribution in [2.24, 2.45) is 0 Å². The first-order chi connectivity index (χ1) is 18.7. The molecule has 2 N–H and O–H groups in total. The van der Waals surface area contributed by atoms with Gasteiger partial charge in [0.15, 0.2) is 11.0 Å². The smallest absolute Gasteiger partial charge is 0.350 e. The normalized spacial score (nSPS) is 17.2. The van der Waals surface area contributed by atoms with Gasteiger partial charge < -0.3 is 34.1 Å². The van der Waals surface area contributed by atoms with Crippen LogP contribution >= 0.6 is 34.5 Å². The second-order valence-electron chi connectivity index (χ2n) is 8.51. The maximum absolute atomic E-state index is 12.9. The van der Waals surface area contributed by atoms with Gasteiger partial charge in [-0.05, 0) is 20.3 Å². The second-order valence-corrected chi connectivity index (χ2v) is 10.2. The van der Waals surface area contributed by atoms with E-state index in [1.807, 2.05) is 4.90 Å². The predicted molar refractivity (Wildman–Crippen MR) is 147 cm³/mol. The minimum Gasteiger partial charge on any atom is -0.481 e. The maximum atomic E-state index is 12.9. The molecule has 15 heteroatoms. The molecule has 1 fully saturated rings. The molecule has 0 saturated carbocycles. The molecule has 210 valence electrons. The number of carbonyl (C=O) groups excluding carboxylic acids is 2. The summed E-state index contributed by atoms with van der Waals surface area (Å²) in [6, 6.07) is 1.23. The lowest BCUT2D eigenvalue weighted by Gasteiger charge is -2.37. The minimum absolute atomic E-state index is 0.166. The van der Waals surface area contributed by atoms with Gasteiger partial charge in [-0.15, -0.1) is 0 Å². The van der Waals surface area contributed by atoms with Crippen LogP contribution in [0.5, 0.6) is 11.8 Å². The summed E-state index contributed by atoms with van der Waals surface area (Å²) in [5.74, 6) is -0.227. The Kier molecular flexibility index (Phi) is 9.15. The van der Waals surface area contributed by atoms with Crippen molar-refractivity contribution in [2.75, 3.05) is 45.9 Å². The zero-order valence-corrected chi connectivity index (χ0v) is 24.3. The van der Waals surface area contributed by atoms with Gasteiger partial charge in [0.1, 0.15) is 16.3 Å². The number of hydrogen-bond acceptors (Lipinski definition) is 11. The maximum Gasteiger partial charge on any atom is 0.350 e. The number of nitrogens with zero attached hydrogens (tertiary/aromatic N) is 4. The van der Waals surface area contributed by atoms with Crippen molar-refractivity contribution in [3.8, 4) is 23.3 Å². The number of rotatable bonds is 9. The van der Waals surface area contributed by atoms with Gasteiger partial charge in [0.2, 0.25) is 11.8 Å². The van der Waals surface area contributed by atoms with Crippen molar-refractivity contribution in [1.82, 2.24) is 25.3 Å². The SMILES string of the molecule is CCOC(=O)c1sc(N2CC[C@@H](NC(=O)c3[nH]c(C)c(Cl)c3Cl)[C@@H](OC)C2)nc1-c1nc(OC)cc(OC)n1. The van der Waals surface area contributed by atoms with Crippen molar-refractivity contribution < 1.29 is 28.5 Å². The molecule has 1 amide bonds. The first kappa shape index (κ1) is 28.9. The van der Waals surface area contributed by atoms with Gasteiger partial charge in [-0.2, -0.15) is 9.97 Å². The summed E-state index contributed by atoms with van der Waals surface area (Å²) in [4.78, 5) is 44.3. The number of aryl methyl sites for hydroxylation is 1. The van der Waals surface area contributed by atoms with Gasteiger partial charge in [-0.25, -0.2) is 9.78 Å². The van der Waals surface area contributed by atoms with Crippen molar-refractivity contribution in [1.29, 1.82) is 0 Å². The lowest BCUT2D eigenvalue weighted by Crippen LogP contribution is -2.55. The molecule has 12 nitrogen and oxygen atoms in total. The highest BCUT2D eigenvalue weighted by Crippen LogP contribution is 2.35. The molecule has 0 unspecified atom stereocenters. The number of anilines is 1. The fourth-order valence-electron chi connectivity index (χ4n) is 4.11. The van der Waals surface area contributed by atoms with Crippen molar-refractivity contribution >= 4 is 51.5 Å². The molecule has 3 aromatic heterocycles. The Balaban J connectivity index is 1.59. The standard InChI is InChI=1S/C24H28Cl2N6O6S/c1-6-38-23(34)20-19(21-29-14(36-4)9-15(30-21)37-5)31-24(39-20)32-8-7-12(13(10-32)35-3)28-22(33)18-17(26)16(25)11(2)27-18/h9,12-13,27H,6-8,10H2,1-5H3,(H,28,33)/t12-,13+/m1/s1. The topological polar surface area (TPSA) is 141 Å². The number of carbonyl (C=O) groups is 2. The van der Waals surface area contributed by atoms with Gasteiger partial charge in [-0.1, -0.05) is 34.5 Å². The molecule has 1 saturated heterocycles. The Morgan fingerprint density at radius 3 is 2.41 bits per heavy atom. The Labute approximate surface area is 238 Å². The number of halogens is 2. The number of aromatic nitrogens is 4. The molecule has 2 atom stereocenters. The Bertz CT molecular complexity index is 1340. The van der Waals surface area contributed by atoms with E-state index in [0.29, 0.717) is 35.4 Å². The highest BCUT2D eigenvalue weighted by Gasteiger charge is 2.34. The van der Waals surface area contributed by atoms with Crippen LogP contribution in [0.15, 0.2) is 6.07 Å². The number of H-pyrrole nitrogens is 1. The van der Waals surface area contributed by atoms with Crippen LogP contribution in [0.2, 0.25) is 10.0 Å². The van der Waals surface area contributed by atoms with Crippen molar-refractivity contribution in [2.45, 2.75) is 32.4 Å². The van der Waals surface area contributed by atoms with E-state index in [2.05, 4.69) is 20.3 Å². The number of esters is 1. The predicted octanol–water partition coefficient (Wildman–Crippen LogP) is 3.76. The van der Waals surface area contributed by atoms with Crippen LogP contribution in [0.3, 0.4) is 0 Å². The third-order valence-electron chi connectivity index (χ3n) is 6.12. The summed E-state index contributed by atoms with van der Waals surface area (Å²) in [6.45, 7) is 4.58. The molecule has 1 aliphatic heterocycles. The summed E-state index contributed by atoms with van der Waals surface area (Å²) in [5.41, 5.74) is 1.07. The molecule has 1 aliphatic rings. The lowest BCUT2D eigenvalue weighted by molar-refractivity contribution is 0.0531. The second kappa shape index (κ2) is 12.4. The lowest BCUT2D eigenvalue weighted by atomic mass is 10.0. The summed E-state index contributed by atoms with van der Waals surface area (Å²) in [6.07, 6.45) is 0.169. The fraction of sp³-hybridized carbons (Fsp3) is 0.458. The zero-order valence-electron chi connectivity index (χ0n) is 22.0. The number of piperidine rings is 1. The molecule has 4 rings (SSSR count). The third kappa shape index (κ3) is 6.06. The number of amides is 1. The summed E-state index contributed by atoms with van der Waals surface area (Å²) in [7, 11) is 4.51. The van der Waals surface area contributed by atoms with E-state index < -0.39 is 5.97 Å². The molecular weight excluding hydrogens is 571 g/mol. The van der Waals surface area contributed by atoms with Crippen LogP contribution in [0.4, 0.5) is 5.13 Å². The zero-order chi connectivity index (χ0) is 28.3. The van der Waals surface area contributed by atoms with Crippen molar-refractivity contribution in [3.63, 3.8) is 0 Å². The van der Waals surface area contributed by atoms with Crippen molar-refractivity contribution in [3.05, 3.63) is 32.4 Å². The van der Waals surface area contributed by atoms with Gasteiger partial charge in [0.05, 0.1) is 49.1 Å². The van der Waals surface area contributed by atoms with E-state index in [-0.39, 0.29) is 63.5 Å². The number of thiazole rings is 1. The van der Waals surface area contributed by atoms with E-state index in [1.165, 1.54) is 31.6 Å². The number of aromatic amines is 1. The highest BCUT2D eigenvalue weighted by atomic mass is 35.5. The molecule has 0 aromatic carbocycles. The molecule has 4 heterocycles. The van der Waals surface area contributed by atoms with E-state index in [0.717, 1.165) is 0 Å².